The van der Waals surface area contributed by atoms with Gasteiger partial charge in [0, 0.05) is 24.7 Å². The summed E-state index contributed by atoms with van der Waals surface area (Å²) in [5.74, 6) is -2.25. The zero-order valence-corrected chi connectivity index (χ0v) is 15.8. The number of benzene rings is 1. The van der Waals surface area contributed by atoms with Crippen LogP contribution >= 0.6 is 11.6 Å². The third-order valence-electron chi connectivity index (χ3n) is 5.08. The van der Waals surface area contributed by atoms with Gasteiger partial charge in [0.2, 0.25) is 5.91 Å². The van der Waals surface area contributed by atoms with Crippen LogP contribution in [0, 0.1) is 11.6 Å². The molecule has 3 amide bonds. The average Bonchev–Trinajstić information content (AvgIpc) is 3.24. The summed E-state index contributed by atoms with van der Waals surface area (Å²) in [4.78, 5) is 28.1. The smallest absolute Gasteiger partial charge is 0.314 e. The van der Waals surface area contributed by atoms with Crippen LogP contribution < -0.4 is 10.2 Å². The second kappa shape index (κ2) is 7.05. The number of aromatic nitrogens is 2. The molecule has 10 heteroatoms. The van der Waals surface area contributed by atoms with Crippen molar-refractivity contribution in [1.82, 2.24) is 14.7 Å². The quantitative estimate of drug-likeness (QED) is 0.773. The molecule has 1 atom stereocenters. The molecule has 148 valence electrons. The molecule has 0 saturated carbocycles. The number of hydrogen-bond acceptors (Lipinski definition) is 3. The van der Waals surface area contributed by atoms with Crippen molar-refractivity contribution >= 4 is 34.9 Å². The van der Waals surface area contributed by atoms with Gasteiger partial charge in [-0.05, 0) is 19.4 Å². The van der Waals surface area contributed by atoms with Gasteiger partial charge in [-0.15, -0.1) is 0 Å². The van der Waals surface area contributed by atoms with Crippen LogP contribution in [0.4, 0.5) is 25.0 Å². The van der Waals surface area contributed by atoms with Crippen LogP contribution in [0.25, 0.3) is 0 Å². The van der Waals surface area contributed by atoms with E-state index in [1.807, 2.05) is 6.92 Å². The molecule has 0 bridgehead atoms. The van der Waals surface area contributed by atoms with Crippen LogP contribution in [0.15, 0.2) is 18.3 Å². The molecule has 0 radical (unpaired) electrons. The highest BCUT2D eigenvalue weighted by atomic mass is 35.5. The number of halogens is 3. The van der Waals surface area contributed by atoms with Gasteiger partial charge in [0.25, 0.3) is 0 Å². The van der Waals surface area contributed by atoms with Crippen molar-refractivity contribution in [3.8, 4) is 0 Å². The maximum absolute atomic E-state index is 13.6. The molecule has 2 aliphatic heterocycles. The van der Waals surface area contributed by atoms with E-state index < -0.39 is 22.7 Å². The number of nitrogens with one attached hydrogen (secondary N) is 1. The number of rotatable bonds is 2. The zero-order valence-electron chi connectivity index (χ0n) is 15.1. The number of anilines is 2. The lowest BCUT2D eigenvalue weighted by atomic mass is 10.2. The van der Waals surface area contributed by atoms with Gasteiger partial charge in [0.05, 0.1) is 41.7 Å². The van der Waals surface area contributed by atoms with E-state index in [4.69, 9.17) is 11.6 Å². The van der Waals surface area contributed by atoms with Gasteiger partial charge in [0.15, 0.2) is 11.6 Å². The Morgan fingerprint density at radius 2 is 2.14 bits per heavy atom. The summed E-state index contributed by atoms with van der Waals surface area (Å²) in [7, 11) is 0. The van der Waals surface area contributed by atoms with Crippen molar-refractivity contribution in [2.75, 3.05) is 16.8 Å². The van der Waals surface area contributed by atoms with Crippen LogP contribution in [-0.4, -0.2) is 39.2 Å². The summed E-state index contributed by atoms with van der Waals surface area (Å²) < 4.78 is 28.7. The Balaban J connectivity index is 1.56. The first-order chi connectivity index (χ1) is 13.3. The fourth-order valence-corrected chi connectivity index (χ4v) is 3.82. The second-order valence-corrected chi connectivity index (χ2v) is 7.38. The number of amides is 3. The molecule has 1 fully saturated rings. The van der Waals surface area contributed by atoms with Gasteiger partial charge in [-0.25, -0.2) is 13.6 Å². The largest absolute Gasteiger partial charge is 0.322 e. The molecule has 1 saturated heterocycles. The molecule has 28 heavy (non-hydrogen) atoms. The molecule has 1 N–H and O–H groups in total. The van der Waals surface area contributed by atoms with Gasteiger partial charge >= 0.3 is 6.03 Å². The number of urea groups is 1. The normalized spacial score (nSPS) is 19.1. The van der Waals surface area contributed by atoms with Crippen molar-refractivity contribution in [1.29, 1.82) is 0 Å². The highest BCUT2D eigenvalue weighted by Gasteiger charge is 2.33. The maximum atomic E-state index is 13.6. The third kappa shape index (κ3) is 3.19. The van der Waals surface area contributed by atoms with Crippen LogP contribution in [0.1, 0.15) is 25.5 Å². The monoisotopic (exact) mass is 409 g/mol. The summed E-state index contributed by atoms with van der Waals surface area (Å²) in [6, 6.07) is 1.38. The Labute approximate surface area is 164 Å². The minimum absolute atomic E-state index is 0.0434. The van der Waals surface area contributed by atoms with Crippen LogP contribution in [0.3, 0.4) is 0 Å². The zero-order chi connectivity index (χ0) is 20.0. The predicted molar refractivity (Wildman–Crippen MR) is 99.2 cm³/mol. The fourth-order valence-electron chi connectivity index (χ4n) is 3.61. The molecule has 1 aromatic carbocycles. The van der Waals surface area contributed by atoms with Crippen LogP contribution in [0.5, 0.6) is 0 Å². The lowest BCUT2D eigenvalue weighted by molar-refractivity contribution is -0.117. The molecular weight excluding hydrogens is 392 g/mol. The van der Waals surface area contributed by atoms with Gasteiger partial charge < -0.3 is 15.1 Å². The van der Waals surface area contributed by atoms with E-state index in [9.17, 15) is 18.4 Å². The standard InChI is InChI=1S/C18H18ClF2N5O2/c1-10-8-26-15(14(7-22-26)24-4-2-3-16(24)27)9-25(10)18(28)23-11-5-12(19)17(21)13(20)6-11/h5-7,10H,2-4,8-9H2,1H3,(H,23,28). The number of fused-ring (bicyclic) bond motifs is 1. The fraction of sp³-hybridized carbons (Fsp3) is 0.389. The summed E-state index contributed by atoms with van der Waals surface area (Å²) in [6.45, 7) is 3.20. The minimum Gasteiger partial charge on any atom is -0.314 e. The molecule has 0 spiro atoms. The first-order valence-electron chi connectivity index (χ1n) is 8.92. The molecule has 1 aromatic heterocycles. The van der Waals surface area contributed by atoms with Crippen molar-refractivity contribution in [2.45, 2.75) is 38.9 Å². The number of carbonyl (C=O) groups excluding carboxylic acids is 2. The molecular formula is C18H18ClF2N5O2. The van der Waals surface area contributed by atoms with Crippen molar-refractivity contribution in [3.63, 3.8) is 0 Å². The minimum atomic E-state index is -1.16. The van der Waals surface area contributed by atoms with Crippen LogP contribution in [0.2, 0.25) is 5.02 Å². The van der Waals surface area contributed by atoms with E-state index in [1.165, 1.54) is 0 Å². The average molecular weight is 410 g/mol. The van der Waals surface area contributed by atoms with Gasteiger partial charge in [0.1, 0.15) is 0 Å². The van der Waals surface area contributed by atoms with E-state index in [-0.39, 0.29) is 24.2 Å². The van der Waals surface area contributed by atoms with Gasteiger partial charge in [-0.1, -0.05) is 11.6 Å². The van der Waals surface area contributed by atoms with E-state index in [1.54, 1.807) is 20.7 Å². The summed E-state index contributed by atoms with van der Waals surface area (Å²) in [6.07, 6.45) is 2.95. The molecule has 2 aromatic rings. The third-order valence-corrected chi connectivity index (χ3v) is 5.35. The summed E-state index contributed by atoms with van der Waals surface area (Å²) in [5, 5.41) is 6.50. The number of nitrogens with zero attached hydrogens (tertiary/aromatic N) is 4. The molecule has 3 heterocycles. The first-order valence-corrected chi connectivity index (χ1v) is 9.30. The van der Waals surface area contributed by atoms with Gasteiger partial charge in [-0.2, -0.15) is 5.10 Å². The number of hydrogen-bond donors (Lipinski definition) is 1. The highest BCUT2D eigenvalue weighted by Crippen LogP contribution is 2.30. The van der Waals surface area contributed by atoms with Crippen LogP contribution in [-0.2, 0) is 17.9 Å². The molecule has 0 aliphatic carbocycles. The molecule has 2 aliphatic rings. The van der Waals surface area contributed by atoms with Crippen molar-refractivity contribution in [3.05, 3.63) is 40.7 Å². The predicted octanol–water partition coefficient (Wildman–Crippen LogP) is 3.38. The highest BCUT2D eigenvalue weighted by molar-refractivity contribution is 6.31. The van der Waals surface area contributed by atoms with E-state index in [0.29, 0.717) is 25.2 Å². The topological polar surface area (TPSA) is 70.5 Å². The second-order valence-electron chi connectivity index (χ2n) is 6.97. The Hall–Kier alpha value is -2.68. The van der Waals surface area contributed by atoms with Crippen molar-refractivity contribution in [2.24, 2.45) is 0 Å². The van der Waals surface area contributed by atoms with Crippen molar-refractivity contribution < 1.29 is 18.4 Å². The summed E-state index contributed by atoms with van der Waals surface area (Å²) >= 11 is 5.65. The molecule has 1 unspecified atom stereocenters. The molecule has 7 nitrogen and oxygen atoms in total. The van der Waals surface area contributed by atoms with E-state index in [0.717, 1.165) is 24.2 Å². The lowest BCUT2D eigenvalue weighted by Crippen LogP contribution is -2.47. The molecule has 4 rings (SSSR count). The summed E-state index contributed by atoms with van der Waals surface area (Å²) in [5.41, 5.74) is 1.55. The number of carbonyl (C=O) groups is 2. The maximum Gasteiger partial charge on any atom is 0.322 e. The Kier molecular flexibility index (Phi) is 4.70. The first kappa shape index (κ1) is 18.7. The lowest BCUT2D eigenvalue weighted by Gasteiger charge is -2.35. The Bertz CT molecular complexity index is 940. The SMILES string of the molecule is CC1Cn2ncc(N3CCCC3=O)c2CN1C(=O)Nc1cc(F)c(F)c(Cl)c1. The Morgan fingerprint density at radius 3 is 2.82 bits per heavy atom. The van der Waals surface area contributed by atoms with Gasteiger partial charge in [-0.3, -0.25) is 9.48 Å². The van der Waals surface area contributed by atoms with E-state index >= 15 is 0 Å². The van der Waals surface area contributed by atoms with E-state index in [2.05, 4.69) is 10.4 Å². The Morgan fingerprint density at radius 1 is 1.36 bits per heavy atom.